The number of ketones is 1. The summed E-state index contributed by atoms with van der Waals surface area (Å²) in [6.07, 6.45) is 13.7. The fourth-order valence-electron chi connectivity index (χ4n) is 6.53. The lowest BCUT2D eigenvalue weighted by Gasteiger charge is -2.51. The second-order valence-corrected chi connectivity index (χ2v) is 8.21. The van der Waals surface area contributed by atoms with E-state index in [1.165, 1.54) is 25.7 Å². The summed E-state index contributed by atoms with van der Waals surface area (Å²) in [6, 6.07) is 0. The summed E-state index contributed by atoms with van der Waals surface area (Å²) in [5.41, 5.74) is 3.46. The van der Waals surface area contributed by atoms with Crippen molar-refractivity contribution in [2.75, 3.05) is 7.11 Å². The molecule has 0 saturated heterocycles. The smallest absolute Gasteiger partial charge is 0.139 e. The van der Waals surface area contributed by atoms with Crippen LogP contribution in [0.5, 0.6) is 0 Å². The normalized spacial score (nSPS) is 39.5. The van der Waals surface area contributed by atoms with Crippen molar-refractivity contribution in [3.8, 4) is 0 Å². The van der Waals surface area contributed by atoms with E-state index in [1.807, 2.05) is 0 Å². The van der Waals surface area contributed by atoms with Gasteiger partial charge in [-0.25, -0.2) is 0 Å². The molecule has 2 fully saturated rings. The molecular formula is C21H30O2. The Morgan fingerprint density at radius 3 is 2.91 bits per heavy atom. The molecule has 4 aliphatic carbocycles. The minimum Gasteiger partial charge on any atom is -0.501 e. The maximum Gasteiger partial charge on any atom is 0.139 e. The fraction of sp³-hybridized carbons (Fsp3) is 0.762. The van der Waals surface area contributed by atoms with Crippen LogP contribution in [0, 0.1) is 23.2 Å². The average molecular weight is 314 g/mol. The highest BCUT2D eigenvalue weighted by molar-refractivity contribution is 5.87. The minimum absolute atomic E-state index is 0.0657. The topological polar surface area (TPSA) is 26.3 Å². The van der Waals surface area contributed by atoms with Crippen LogP contribution in [-0.2, 0) is 9.53 Å². The molecule has 0 radical (unpaired) electrons. The van der Waals surface area contributed by atoms with Gasteiger partial charge in [-0.1, -0.05) is 24.5 Å². The molecular weight excluding hydrogens is 284 g/mol. The molecule has 23 heavy (non-hydrogen) atoms. The molecule has 1 unspecified atom stereocenters. The first-order chi connectivity index (χ1) is 11.2. The molecule has 4 atom stereocenters. The molecule has 4 rings (SSSR count). The van der Waals surface area contributed by atoms with Crippen molar-refractivity contribution in [3.05, 3.63) is 23.0 Å². The van der Waals surface area contributed by atoms with E-state index in [2.05, 4.69) is 13.0 Å². The van der Waals surface area contributed by atoms with E-state index < -0.39 is 0 Å². The van der Waals surface area contributed by atoms with Gasteiger partial charge in [0.05, 0.1) is 12.9 Å². The predicted octanol–water partition coefficient (Wildman–Crippen LogP) is 5.19. The lowest BCUT2D eigenvalue weighted by Crippen LogP contribution is -2.45. The van der Waals surface area contributed by atoms with Crippen LogP contribution in [0.4, 0.5) is 0 Å². The van der Waals surface area contributed by atoms with E-state index in [4.69, 9.17) is 4.74 Å². The zero-order valence-corrected chi connectivity index (χ0v) is 14.7. The third-order valence-electron chi connectivity index (χ3n) is 7.46. The number of hydrogen-bond acceptors (Lipinski definition) is 2. The summed E-state index contributed by atoms with van der Waals surface area (Å²) in [6.45, 7) is 2.25. The number of Topliss-reactive ketones (excluding diaryl/α,β-unsaturated/α-hetero) is 1. The number of hydrogen-bond donors (Lipinski definition) is 0. The predicted molar refractivity (Wildman–Crippen MR) is 91.9 cm³/mol. The molecule has 2 nitrogen and oxygen atoms in total. The van der Waals surface area contributed by atoms with Crippen molar-refractivity contribution in [1.82, 2.24) is 0 Å². The van der Waals surface area contributed by atoms with E-state index in [9.17, 15) is 4.79 Å². The van der Waals surface area contributed by atoms with Crippen LogP contribution >= 0.6 is 0 Å². The molecule has 0 N–H and O–H groups in total. The second-order valence-electron chi connectivity index (χ2n) is 8.21. The zero-order chi connectivity index (χ0) is 16.0. The molecule has 4 aliphatic rings. The first-order valence-corrected chi connectivity index (χ1v) is 9.66. The van der Waals surface area contributed by atoms with E-state index in [-0.39, 0.29) is 5.41 Å². The van der Waals surface area contributed by atoms with E-state index in [0.29, 0.717) is 11.7 Å². The Labute approximate surface area is 140 Å². The first-order valence-electron chi connectivity index (χ1n) is 9.66. The Bertz CT molecular complexity index is 570. The third-order valence-corrected chi connectivity index (χ3v) is 7.46. The molecule has 0 amide bonds. The number of rotatable bonds is 3. The fourth-order valence-corrected chi connectivity index (χ4v) is 6.53. The van der Waals surface area contributed by atoms with Gasteiger partial charge in [0.15, 0.2) is 0 Å². The van der Waals surface area contributed by atoms with Gasteiger partial charge in [0, 0.05) is 18.3 Å². The number of ether oxygens (including phenoxy) is 1. The van der Waals surface area contributed by atoms with Gasteiger partial charge < -0.3 is 4.74 Å². The van der Waals surface area contributed by atoms with Gasteiger partial charge in [-0.3, -0.25) is 4.79 Å². The number of methoxy groups -OCH3 is 1. The summed E-state index contributed by atoms with van der Waals surface area (Å²) in [5, 5.41) is 0. The Kier molecular flexibility index (Phi) is 3.90. The van der Waals surface area contributed by atoms with Crippen molar-refractivity contribution in [3.63, 3.8) is 0 Å². The summed E-state index contributed by atoms with van der Waals surface area (Å²) in [7, 11) is 1.80. The first kappa shape index (κ1) is 15.5. The minimum atomic E-state index is 0.0657. The molecule has 2 heteroatoms. The molecule has 126 valence electrons. The van der Waals surface area contributed by atoms with Gasteiger partial charge in [-0.2, -0.15) is 0 Å². The van der Waals surface area contributed by atoms with Crippen LogP contribution in [0.25, 0.3) is 0 Å². The van der Waals surface area contributed by atoms with Crippen molar-refractivity contribution in [2.45, 2.75) is 71.1 Å². The van der Waals surface area contributed by atoms with Crippen LogP contribution in [0.1, 0.15) is 71.1 Å². The molecule has 0 aromatic heterocycles. The monoisotopic (exact) mass is 314 g/mol. The summed E-state index contributed by atoms with van der Waals surface area (Å²) < 4.78 is 5.49. The van der Waals surface area contributed by atoms with Crippen LogP contribution in [0.15, 0.2) is 23.0 Å². The average Bonchev–Trinajstić information content (AvgIpc) is 2.91. The van der Waals surface area contributed by atoms with Crippen LogP contribution in [-0.4, -0.2) is 12.9 Å². The largest absolute Gasteiger partial charge is 0.501 e. The highest BCUT2D eigenvalue weighted by Crippen LogP contribution is 2.61. The number of carbonyl (C=O) groups excluding carboxylic acids is 1. The molecule has 2 saturated carbocycles. The SMILES string of the molecule is CCCC12CC[C@@H]3C4=C(CC[C@H]3[C@@H]1CCC2=O)CC(OC)=CC4. The van der Waals surface area contributed by atoms with Crippen molar-refractivity contribution < 1.29 is 9.53 Å². The molecule has 0 aromatic carbocycles. The maximum atomic E-state index is 12.7. The van der Waals surface area contributed by atoms with Gasteiger partial charge in [-0.05, 0) is 68.8 Å². The highest BCUT2D eigenvalue weighted by Gasteiger charge is 2.56. The van der Waals surface area contributed by atoms with Crippen LogP contribution < -0.4 is 0 Å². The van der Waals surface area contributed by atoms with E-state index in [1.54, 1.807) is 18.3 Å². The quantitative estimate of drug-likeness (QED) is 0.670. The Morgan fingerprint density at radius 2 is 2.13 bits per heavy atom. The molecule has 0 bridgehead atoms. The van der Waals surface area contributed by atoms with Crippen LogP contribution in [0.2, 0.25) is 0 Å². The standard InChI is InChI=1S/C21H30O2/c1-3-11-21-12-10-17-16-7-5-15(23-2)13-14(16)4-6-18(17)19(21)8-9-20(21)22/h5,17-19H,3-4,6-13H2,1-2H3/t17-,18-,19+,21?/m1/s1. The third kappa shape index (κ3) is 2.24. The van der Waals surface area contributed by atoms with Gasteiger partial charge in [0.1, 0.15) is 5.78 Å². The molecule has 0 aliphatic heterocycles. The summed E-state index contributed by atoms with van der Waals surface area (Å²) in [5.74, 6) is 3.98. The number of allylic oxidation sites excluding steroid dienone is 3. The van der Waals surface area contributed by atoms with Crippen LogP contribution in [0.3, 0.4) is 0 Å². The van der Waals surface area contributed by atoms with E-state index in [0.717, 1.165) is 56.1 Å². The molecule has 0 spiro atoms. The summed E-state index contributed by atoms with van der Waals surface area (Å²) >= 11 is 0. The maximum absolute atomic E-state index is 12.7. The Balaban J connectivity index is 1.61. The molecule has 0 heterocycles. The highest BCUT2D eigenvalue weighted by atomic mass is 16.5. The summed E-state index contributed by atoms with van der Waals surface area (Å²) in [4.78, 5) is 12.7. The lowest BCUT2D eigenvalue weighted by molar-refractivity contribution is -0.131. The lowest BCUT2D eigenvalue weighted by atomic mass is 9.53. The number of fused-ring (bicyclic) bond motifs is 4. The van der Waals surface area contributed by atoms with Gasteiger partial charge in [-0.15, -0.1) is 0 Å². The Hall–Kier alpha value is -1.05. The zero-order valence-electron chi connectivity index (χ0n) is 14.7. The Morgan fingerprint density at radius 1 is 1.26 bits per heavy atom. The van der Waals surface area contributed by atoms with Crippen molar-refractivity contribution >= 4 is 5.78 Å². The van der Waals surface area contributed by atoms with Gasteiger partial charge >= 0.3 is 0 Å². The van der Waals surface area contributed by atoms with Gasteiger partial charge in [0.2, 0.25) is 0 Å². The van der Waals surface area contributed by atoms with Crippen molar-refractivity contribution in [2.24, 2.45) is 23.2 Å². The van der Waals surface area contributed by atoms with Crippen molar-refractivity contribution in [1.29, 1.82) is 0 Å². The van der Waals surface area contributed by atoms with E-state index >= 15 is 0 Å². The van der Waals surface area contributed by atoms with Gasteiger partial charge in [0.25, 0.3) is 0 Å². The number of carbonyl (C=O) groups is 1. The molecule has 0 aromatic rings. The second kappa shape index (κ2) is 5.79.